The number of carbonyl (C=O) groups is 1. The van der Waals surface area contributed by atoms with E-state index in [4.69, 9.17) is 4.98 Å². The minimum Gasteiger partial charge on any atom is -0.302 e. The summed E-state index contributed by atoms with van der Waals surface area (Å²) in [6.07, 6.45) is 1.91. The Labute approximate surface area is 225 Å². The predicted octanol–water partition coefficient (Wildman–Crippen LogP) is 4.94. The monoisotopic (exact) mass is 542 g/mol. The van der Waals surface area contributed by atoms with Gasteiger partial charge in [-0.2, -0.15) is 4.31 Å². The number of aryl methyl sites for hydroxylation is 2. The van der Waals surface area contributed by atoms with Gasteiger partial charge in [0.2, 0.25) is 15.9 Å². The highest BCUT2D eigenvalue weighted by atomic mass is 32.2. The average Bonchev–Trinajstić information content (AvgIpc) is 3.35. The van der Waals surface area contributed by atoms with Gasteiger partial charge in [0.15, 0.2) is 5.13 Å². The third-order valence-electron chi connectivity index (χ3n) is 7.37. The molecule has 1 fully saturated rings. The molecular formula is C28H38N4O3S2. The van der Waals surface area contributed by atoms with Crippen LogP contribution in [0.15, 0.2) is 47.4 Å². The number of aromatic nitrogens is 1. The summed E-state index contributed by atoms with van der Waals surface area (Å²) in [4.78, 5) is 23.3. The van der Waals surface area contributed by atoms with E-state index in [1.54, 1.807) is 23.5 Å². The highest BCUT2D eigenvalue weighted by Gasteiger charge is 2.35. The second-order valence-electron chi connectivity index (χ2n) is 9.62. The first kappa shape index (κ1) is 27.7. The van der Waals surface area contributed by atoms with Gasteiger partial charge in [0.25, 0.3) is 0 Å². The minimum atomic E-state index is -3.56. The van der Waals surface area contributed by atoms with E-state index in [2.05, 4.69) is 43.9 Å². The van der Waals surface area contributed by atoms with Crippen molar-refractivity contribution in [3.63, 3.8) is 0 Å². The first-order valence-corrected chi connectivity index (χ1v) is 15.5. The maximum atomic E-state index is 13.9. The molecule has 4 rings (SSSR count). The van der Waals surface area contributed by atoms with Crippen LogP contribution in [0.25, 0.3) is 10.2 Å². The van der Waals surface area contributed by atoms with Crippen molar-refractivity contribution in [1.82, 2.24) is 14.2 Å². The Balaban J connectivity index is 1.53. The fourth-order valence-electron chi connectivity index (χ4n) is 4.90. The predicted molar refractivity (Wildman–Crippen MR) is 152 cm³/mol. The van der Waals surface area contributed by atoms with Gasteiger partial charge in [-0.25, -0.2) is 13.4 Å². The lowest BCUT2D eigenvalue weighted by molar-refractivity contribution is -0.123. The number of rotatable bonds is 10. The topological polar surface area (TPSA) is 73.8 Å². The molecule has 2 heterocycles. The normalized spacial score (nSPS) is 15.5. The van der Waals surface area contributed by atoms with Gasteiger partial charge in [-0.3, -0.25) is 9.69 Å². The molecule has 7 nitrogen and oxygen atoms in total. The van der Waals surface area contributed by atoms with Crippen LogP contribution in [0.1, 0.15) is 44.7 Å². The smallest absolute Gasteiger partial charge is 0.243 e. The van der Waals surface area contributed by atoms with Gasteiger partial charge >= 0.3 is 0 Å². The number of anilines is 1. The van der Waals surface area contributed by atoms with E-state index in [9.17, 15) is 13.2 Å². The third kappa shape index (κ3) is 6.06. The molecule has 3 aromatic rings. The summed E-state index contributed by atoms with van der Waals surface area (Å²) in [5, 5.41) is 0.739. The maximum absolute atomic E-state index is 13.9. The first-order valence-electron chi connectivity index (χ1n) is 13.3. The van der Waals surface area contributed by atoms with Crippen molar-refractivity contribution < 1.29 is 13.2 Å². The lowest BCUT2D eigenvalue weighted by Crippen LogP contribution is -2.46. The van der Waals surface area contributed by atoms with E-state index in [1.165, 1.54) is 9.87 Å². The molecule has 0 N–H and O–H groups in total. The first-order chi connectivity index (χ1) is 17.8. The summed E-state index contributed by atoms with van der Waals surface area (Å²) in [7, 11) is -3.56. The number of para-hydroxylation sites is 1. The van der Waals surface area contributed by atoms with Crippen LogP contribution < -0.4 is 4.90 Å². The summed E-state index contributed by atoms with van der Waals surface area (Å²) < 4.78 is 28.9. The van der Waals surface area contributed by atoms with Crippen molar-refractivity contribution in [3.8, 4) is 0 Å². The van der Waals surface area contributed by atoms with Gasteiger partial charge in [0.1, 0.15) is 0 Å². The Hall–Kier alpha value is -2.33. The zero-order chi connectivity index (χ0) is 26.6. The number of thiazole rings is 1. The molecule has 2 aromatic carbocycles. The van der Waals surface area contributed by atoms with Crippen molar-refractivity contribution >= 4 is 42.6 Å². The van der Waals surface area contributed by atoms with Gasteiger partial charge in [0.05, 0.1) is 15.1 Å². The number of likely N-dealkylation sites (N-methyl/N-ethyl adjacent to an activating group) is 1. The number of fused-ring (bicyclic) bond motifs is 1. The molecule has 0 unspecified atom stereocenters. The number of carbonyl (C=O) groups excluding carboxylic acids is 1. The van der Waals surface area contributed by atoms with Crippen molar-refractivity contribution in [2.24, 2.45) is 5.92 Å². The van der Waals surface area contributed by atoms with E-state index in [-0.39, 0.29) is 11.8 Å². The van der Waals surface area contributed by atoms with Crippen LogP contribution in [-0.2, 0) is 21.2 Å². The fraction of sp³-hybridized carbons (Fsp3) is 0.500. The number of hydrogen-bond acceptors (Lipinski definition) is 6. The van der Waals surface area contributed by atoms with Crippen LogP contribution >= 0.6 is 11.3 Å². The number of sulfonamides is 1. The molecule has 0 aliphatic carbocycles. The van der Waals surface area contributed by atoms with Gasteiger partial charge in [-0.15, -0.1) is 0 Å². The Bertz CT molecular complexity index is 1310. The standard InChI is InChI=1S/C28H38N4O3S2/c1-5-22-9-8-10-25-26(22)29-28(36-25)32(20-19-30(6-2)7-3)27(33)23-15-17-31(18-16-23)37(34,35)24-13-11-21(4)12-14-24/h8-14,23H,5-7,15-20H2,1-4H3. The van der Waals surface area contributed by atoms with Gasteiger partial charge < -0.3 is 4.90 Å². The zero-order valence-corrected chi connectivity index (χ0v) is 23.9. The van der Waals surface area contributed by atoms with Crippen LogP contribution in [0.3, 0.4) is 0 Å². The molecule has 37 heavy (non-hydrogen) atoms. The molecule has 0 bridgehead atoms. The van der Waals surface area contributed by atoms with E-state index >= 15 is 0 Å². The number of amides is 1. The highest BCUT2D eigenvalue weighted by Crippen LogP contribution is 2.33. The highest BCUT2D eigenvalue weighted by molar-refractivity contribution is 7.89. The number of hydrogen-bond donors (Lipinski definition) is 0. The van der Waals surface area contributed by atoms with E-state index < -0.39 is 10.0 Å². The molecule has 1 aliphatic heterocycles. The Kier molecular flexibility index (Phi) is 9.00. The largest absolute Gasteiger partial charge is 0.302 e. The Morgan fingerprint density at radius 3 is 2.32 bits per heavy atom. The number of benzene rings is 2. The van der Waals surface area contributed by atoms with Crippen LogP contribution in [0.2, 0.25) is 0 Å². The van der Waals surface area contributed by atoms with Crippen molar-refractivity contribution in [3.05, 3.63) is 53.6 Å². The van der Waals surface area contributed by atoms with Crippen LogP contribution in [0.5, 0.6) is 0 Å². The molecule has 1 aliphatic rings. The van der Waals surface area contributed by atoms with Crippen LogP contribution in [0, 0.1) is 12.8 Å². The number of nitrogens with zero attached hydrogens (tertiary/aromatic N) is 4. The SMILES string of the molecule is CCc1cccc2sc(N(CCN(CC)CC)C(=O)C3CCN(S(=O)(=O)c4ccc(C)cc4)CC3)nc12. The van der Waals surface area contributed by atoms with Gasteiger partial charge in [0, 0.05) is 32.1 Å². The molecule has 9 heteroatoms. The molecule has 0 atom stereocenters. The van der Waals surface area contributed by atoms with Crippen molar-refractivity contribution in [2.75, 3.05) is 44.2 Å². The van der Waals surface area contributed by atoms with E-state index in [0.29, 0.717) is 37.4 Å². The minimum absolute atomic E-state index is 0.0524. The quantitative estimate of drug-likeness (QED) is 0.363. The molecular weight excluding hydrogens is 504 g/mol. The molecule has 0 radical (unpaired) electrons. The third-order valence-corrected chi connectivity index (χ3v) is 10.3. The van der Waals surface area contributed by atoms with Crippen molar-refractivity contribution in [2.45, 2.75) is 51.9 Å². The van der Waals surface area contributed by atoms with Crippen molar-refractivity contribution in [1.29, 1.82) is 0 Å². The maximum Gasteiger partial charge on any atom is 0.243 e. The average molecular weight is 543 g/mol. The summed E-state index contributed by atoms with van der Waals surface area (Å²) in [5.41, 5.74) is 3.18. The molecule has 0 saturated carbocycles. The second-order valence-corrected chi connectivity index (χ2v) is 12.6. The van der Waals surface area contributed by atoms with Gasteiger partial charge in [-0.1, -0.05) is 61.9 Å². The van der Waals surface area contributed by atoms with Gasteiger partial charge in [-0.05, 0) is 63.0 Å². The van der Waals surface area contributed by atoms with Crippen LogP contribution in [-0.4, -0.2) is 67.8 Å². The van der Waals surface area contributed by atoms with Crippen LogP contribution in [0.4, 0.5) is 5.13 Å². The molecule has 200 valence electrons. The summed E-state index contributed by atoms with van der Waals surface area (Å²) in [6.45, 7) is 12.2. The molecule has 1 amide bonds. The Morgan fingerprint density at radius 2 is 1.70 bits per heavy atom. The Morgan fingerprint density at radius 1 is 1.03 bits per heavy atom. The lowest BCUT2D eigenvalue weighted by atomic mass is 9.96. The second kappa shape index (κ2) is 12.0. The lowest BCUT2D eigenvalue weighted by Gasteiger charge is -2.33. The molecule has 1 aromatic heterocycles. The zero-order valence-electron chi connectivity index (χ0n) is 22.3. The fourth-order valence-corrected chi connectivity index (χ4v) is 7.41. The van der Waals surface area contributed by atoms with E-state index in [1.807, 2.05) is 24.0 Å². The summed E-state index contributed by atoms with van der Waals surface area (Å²) in [6, 6.07) is 13.2. The molecule has 0 spiro atoms. The van der Waals surface area contributed by atoms with E-state index in [0.717, 1.165) is 47.0 Å². The molecule has 1 saturated heterocycles. The summed E-state index contributed by atoms with van der Waals surface area (Å²) in [5.74, 6) is -0.171. The number of piperidine rings is 1. The summed E-state index contributed by atoms with van der Waals surface area (Å²) >= 11 is 1.57.